The minimum Gasteiger partial charge on any atom is -0.333 e. The topological polar surface area (TPSA) is 62.3 Å². The van der Waals surface area contributed by atoms with Crippen LogP contribution in [0.5, 0.6) is 0 Å². The number of benzene rings is 1. The summed E-state index contributed by atoms with van der Waals surface area (Å²) < 4.78 is 26.5. The number of hydrogen-bond donors (Lipinski definition) is 1. The number of aromatic nitrogens is 1. The lowest BCUT2D eigenvalue weighted by atomic mass is 10.1. The second-order valence-corrected chi connectivity index (χ2v) is 7.96. The van der Waals surface area contributed by atoms with Gasteiger partial charge in [-0.3, -0.25) is 14.9 Å². The van der Waals surface area contributed by atoms with Crippen LogP contribution < -0.4 is 5.32 Å². The van der Waals surface area contributed by atoms with Crippen molar-refractivity contribution in [2.45, 2.75) is 13.0 Å². The number of thiazole rings is 1. The molecule has 0 spiro atoms. The second-order valence-electron chi connectivity index (χ2n) is 5.93. The quantitative estimate of drug-likeness (QED) is 0.718. The summed E-state index contributed by atoms with van der Waals surface area (Å²) in [4.78, 5) is 32.2. The van der Waals surface area contributed by atoms with E-state index in [1.54, 1.807) is 17.0 Å². The molecule has 0 unspecified atom stereocenters. The van der Waals surface area contributed by atoms with Gasteiger partial charge in [-0.2, -0.15) is 0 Å². The third kappa shape index (κ3) is 3.60. The molecule has 5 nitrogen and oxygen atoms in total. The van der Waals surface area contributed by atoms with Crippen LogP contribution in [0, 0.1) is 11.6 Å². The van der Waals surface area contributed by atoms with Crippen molar-refractivity contribution in [1.82, 2.24) is 9.88 Å². The fourth-order valence-electron chi connectivity index (χ4n) is 2.80. The zero-order valence-corrected chi connectivity index (χ0v) is 15.5. The van der Waals surface area contributed by atoms with Gasteiger partial charge in [-0.15, -0.1) is 11.3 Å². The molecule has 27 heavy (non-hydrogen) atoms. The Labute approximate surface area is 161 Å². The summed E-state index contributed by atoms with van der Waals surface area (Å²) in [5, 5.41) is 5.08. The van der Waals surface area contributed by atoms with E-state index < -0.39 is 11.6 Å². The Balaban J connectivity index is 1.48. The highest BCUT2D eigenvalue weighted by molar-refractivity contribution is 7.16. The highest BCUT2D eigenvalue weighted by Gasteiger charge is 2.26. The molecule has 0 atom stereocenters. The lowest BCUT2D eigenvalue weighted by Gasteiger charge is -2.26. The third-order valence-corrected chi connectivity index (χ3v) is 6.02. The Morgan fingerprint density at radius 3 is 2.78 bits per heavy atom. The lowest BCUT2D eigenvalue weighted by molar-refractivity contribution is 0.0735. The first kappa shape index (κ1) is 17.7. The molecule has 3 heterocycles. The molecule has 0 saturated heterocycles. The van der Waals surface area contributed by atoms with Crippen LogP contribution >= 0.6 is 22.7 Å². The monoisotopic (exact) mass is 405 g/mol. The Kier molecular flexibility index (Phi) is 4.71. The van der Waals surface area contributed by atoms with E-state index in [2.05, 4.69) is 10.3 Å². The normalized spacial score (nSPS) is 13.3. The van der Waals surface area contributed by atoms with Crippen molar-refractivity contribution in [3.05, 3.63) is 68.4 Å². The van der Waals surface area contributed by atoms with Crippen molar-refractivity contribution in [2.75, 3.05) is 11.9 Å². The van der Waals surface area contributed by atoms with Crippen LogP contribution in [-0.2, 0) is 13.0 Å². The maximum Gasteiger partial charge on any atom is 0.267 e. The Morgan fingerprint density at radius 1 is 1.19 bits per heavy atom. The molecule has 0 bridgehead atoms. The number of carbonyl (C=O) groups is 2. The molecular formula is C18H13F2N3O2S2. The van der Waals surface area contributed by atoms with Crippen LogP contribution in [0.3, 0.4) is 0 Å². The standard InChI is InChI=1S/C18H13F2N3O2S2/c19-11-4-3-10(8-12(11)20)17(25)23-6-5-13-15(9-23)27-18(21-13)22-16(24)14-2-1-7-26-14/h1-4,7-8H,5-6,9H2,(H,21,22,24). The van der Waals surface area contributed by atoms with Gasteiger partial charge >= 0.3 is 0 Å². The van der Waals surface area contributed by atoms with Gasteiger partial charge < -0.3 is 4.90 Å². The molecule has 0 aliphatic carbocycles. The fraction of sp³-hybridized carbons (Fsp3) is 0.167. The van der Waals surface area contributed by atoms with Crippen molar-refractivity contribution in [1.29, 1.82) is 0 Å². The molecule has 2 aromatic heterocycles. The van der Waals surface area contributed by atoms with Gasteiger partial charge in [-0.05, 0) is 29.6 Å². The van der Waals surface area contributed by atoms with Crippen LogP contribution in [-0.4, -0.2) is 28.2 Å². The predicted octanol–water partition coefficient (Wildman–Crippen LogP) is 3.93. The zero-order chi connectivity index (χ0) is 19.0. The number of thiophene rings is 1. The van der Waals surface area contributed by atoms with Gasteiger partial charge in [0, 0.05) is 23.4 Å². The minimum atomic E-state index is -1.05. The van der Waals surface area contributed by atoms with E-state index in [4.69, 9.17) is 0 Å². The summed E-state index contributed by atoms with van der Waals surface area (Å²) in [6.45, 7) is 0.743. The first-order valence-electron chi connectivity index (χ1n) is 8.09. The van der Waals surface area contributed by atoms with Gasteiger partial charge in [0.15, 0.2) is 16.8 Å². The molecule has 0 radical (unpaired) electrons. The van der Waals surface area contributed by atoms with Crippen LogP contribution in [0.25, 0.3) is 0 Å². The average Bonchev–Trinajstić information content (AvgIpc) is 3.32. The second kappa shape index (κ2) is 7.16. The SMILES string of the molecule is O=C(Nc1nc2c(s1)CN(C(=O)c1ccc(F)c(F)c1)CC2)c1cccs1. The van der Waals surface area contributed by atoms with E-state index in [0.29, 0.717) is 29.5 Å². The smallest absolute Gasteiger partial charge is 0.267 e. The molecule has 1 N–H and O–H groups in total. The van der Waals surface area contributed by atoms with Crippen molar-refractivity contribution in [3.8, 4) is 0 Å². The predicted molar refractivity (Wildman–Crippen MR) is 99.2 cm³/mol. The molecule has 4 rings (SSSR count). The molecule has 138 valence electrons. The first-order valence-corrected chi connectivity index (χ1v) is 9.78. The highest BCUT2D eigenvalue weighted by atomic mass is 32.1. The van der Waals surface area contributed by atoms with E-state index in [-0.39, 0.29) is 17.4 Å². The molecule has 2 amide bonds. The largest absolute Gasteiger partial charge is 0.333 e. The van der Waals surface area contributed by atoms with Gasteiger partial charge in [0.2, 0.25) is 0 Å². The Hall–Kier alpha value is -2.65. The highest BCUT2D eigenvalue weighted by Crippen LogP contribution is 2.29. The first-order chi connectivity index (χ1) is 13.0. The molecule has 1 aliphatic rings. The molecule has 1 aliphatic heterocycles. The van der Waals surface area contributed by atoms with E-state index >= 15 is 0 Å². The van der Waals surface area contributed by atoms with Gasteiger partial charge in [0.25, 0.3) is 11.8 Å². The van der Waals surface area contributed by atoms with Crippen molar-refractivity contribution in [2.24, 2.45) is 0 Å². The summed E-state index contributed by atoms with van der Waals surface area (Å²) in [5.41, 5.74) is 0.948. The summed E-state index contributed by atoms with van der Waals surface area (Å²) in [6.07, 6.45) is 0.538. The van der Waals surface area contributed by atoms with E-state index in [9.17, 15) is 18.4 Å². The van der Waals surface area contributed by atoms with Crippen LogP contribution in [0.2, 0.25) is 0 Å². The van der Waals surface area contributed by atoms with Crippen molar-refractivity contribution >= 4 is 39.6 Å². The van der Waals surface area contributed by atoms with Gasteiger partial charge in [0.05, 0.1) is 17.1 Å². The number of halogens is 2. The third-order valence-electron chi connectivity index (χ3n) is 4.15. The van der Waals surface area contributed by atoms with Crippen molar-refractivity contribution in [3.63, 3.8) is 0 Å². The van der Waals surface area contributed by atoms with Crippen molar-refractivity contribution < 1.29 is 18.4 Å². The number of carbonyl (C=O) groups excluding carboxylic acids is 2. The number of amides is 2. The summed E-state index contributed by atoms with van der Waals surface area (Å²) >= 11 is 2.66. The van der Waals surface area contributed by atoms with Gasteiger partial charge in [-0.1, -0.05) is 17.4 Å². The number of nitrogens with one attached hydrogen (secondary N) is 1. The Morgan fingerprint density at radius 2 is 2.04 bits per heavy atom. The minimum absolute atomic E-state index is 0.105. The molecule has 9 heteroatoms. The van der Waals surface area contributed by atoms with Crippen LogP contribution in [0.1, 0.15) is 30.6 Å². The summed E-state index contributed by atoms with van der Waals surface area (Å²) in [7, 11) is 0. The fourth-order valence-corrected chi connectivity index (χ4v) is 4.44. The van der Waals surface area contributed by atoms with Gasteiger partial charge in [-0.25, -0.2) is 13.8 Å². The number of nitrogens with zero attached hydrogens (tertiary/aromatic N) is 2. The molecule has 0 fully saturated rings. The number of hydrogen-bond acceptors (Lipinski definition) is 5. The van der Waals surface area contributed by atoms with Gasteiger partial charge in [0.1, 0.15) is 0 Å². The number of anilines is 1. The summed E-state index contributed by atoms with van der Waals surface area (Å²) in [6, 6.07) is 6.66. The molecule has 0 saturated carbocycles. The van der Waals surface area contributed by atoms with E-state index in [1.165, 1.54) is 28.7 Å². The molecular weight excluding hydrogens is 392 g/mol. The van der Waals surface area contributed by atoms with E-state index in [1.807, 2.05) is 5.38 Å². The zero-order valence-electron chi connectivity index (χ0n) is 13.9. The number of fused-ring (bicyclic) bond motifs is 1. The summed E-state index contributed by atoms with van der Waals surface area (Å²) in [5.74, 6) is -2.61. The maximum absolute atomic E-state index is 13.4. The molecule has 1 aromatic carbocycles. The maximum atomic E-state index is 13.4. The lowest BCUT2D eigenvalue weighted by Crippen LogP contribution is -2.35. The van der Waals surface area contributed by atoms with E-state index in [0.717, 1.165) is 22.7 Å². The van der Waals surface area contributed by atoms with Crippen LogP contribution in [0.4, 0.5) is 13.9 Å². The number of rotatable bonds is 3. The molecule has 3 aromatic rings. The van der Waals surface area contributed by atoms with Crippen LogP contribution in [0.15, 0.2) is 35.7 Å². The Bertz CT molecular complexity index is 1020. The average molecular weight is 405 g/mol.